The summed E-state index contributed by atoms with van der Waals surface area (Å²) in [6, 6.07) is 17.6. The van der Waals surface area contributed by atoms with Crippen molar-refractivity contribution < 1.29 is 9.53 Å². The molecule has 3 rings (SSSR count). The van der Waals surface area contributed by atoms with Crippen LogP contribution >= 0.6 is 0 Å². The lowest BCUT2D eigenvalue weighted by Crippen LogP contribution is -2.38. The second-order valence-corrected chi connectivity index (χ2v) is 7.27. The Hall–Kier alpha value is -2.66. The van der Waals surface area contributed by atoms with Gasteiger partial charge in [-0.2, -0.15) is 0 Å². The minimum Gasteiger partial charge on any atom is -0.364 e. The van der Waals surface area contributed by atoms with E-state index in [1.165, 1.54) is 0 Å². The van der Waals surface area contributed by atoms with Gasteiger partial charge in [-0.25, -0.2) is 4.98 Å². The van der Waals surface area contributed by atoms with Crippen LogP contribution < -0.4 is 5.32 Å². The highest BCUT2D eigenvalue weighted by Crippen LogP contribution is 2.22. The molecule has 2 N–H and O–H groups in total. The average Bonchev–Trinajstić information content (AvgIpc) is 3.10. The topological polar surface area (TPSA) is 67.0 Å². The molecule has 0 saturated heterocycles. The molecule has 2 atom stereocenters. The number of para-hydroxylation sites is 2. The standard InChI is InChI=1S/C22H27N3O2/c1-15(2)13-20(21-23-18-11-7-8-12-19(18)24-21)25-22(26)16(3)27-14-17-9-5-4-6-10-17/h4-12,15-16,20H,13-14H2,1-3H3,(H,23,24)(H,25,26)/t16-,20+/m1/s1. The molecule has 3 aromatic rings. The number of aromatic amines is 1. The fraction of sp³-hybridized carbons (Fsp3) is 0.364. The molecule has 2 aromatic carbocycles. The summed E-state index contributed by atoms with van der Waals surface area (Å²) in [6.45, 7) is 6.46. The van der Waals surface area contributed by atoms with E-state index >= 15 is 0 Å². The maximum atomic E-state index is 12.7. The zero-order chi connectivity index (χ0) is 19.2. The van der Waals surface area contributed by atoms with E-state index in [0.29, 0.717) is 12.5 Å². The molecule has 0 fully saturated rings. The molecule has 1 heterocycles. The minimum absolute atomic E-state index is 0.128. The zero-order valence-electron chi connectivity index (χ0n) is 16.1. The molecule has 1 aromatic heterocycles. The van der Waals surface area contributed by atoms with E-state index in [1.807, 2.05) is 54.6 Å². The van der Waals surface area contributed by atoms with Crippen LogP contribution in [-0.4, -0.2) is 22.0 Å². The van der Waals surface area contributed by atoms with Crippen molar-refractivity contribution in [2.75, 3.05) is 0 Å². The molecule has 0 bridgehead atoms. The van der Waals surface area contributed by atoms with Gasteiger partial charge in [0.25, 0.3) is 0 Å². The number of nitrogens with zero attached hydrogens (tertiary/aromatic N) is 1. The average molecular weight is 365 g/mol. The molecule has 5 nitrogen and oxygen atoms in total. The van der Waals surface area contributed by atoms with Crippen molar-refractivity contribution in [3.63, 3.8) is 0 Å². The van der Waals surface area contributed by atoms with E-state index in [1.54, 1.807) is 6.92 Å². The highest BCUT2D eigenvalue weighted by atomic mass is 16.5. The number of amides is 1. The van der Waals surface area contributed by atoms with Gasteiger partial charge in [0.1, 0.15) is 11.9 Å². The van der Waals surface area contributed by atoms with E-state index in [-0.39, 0.29) is 11.9 Å². The zero-order valence-corrected chi connectivity index (χ0v) is 16.1. The second kappa shape index (κ2) is 8.82. The fourth-order valence-electron chi connectivity index (χ4n) is 3.01. The first-order chi connectivity index (χ1) is 13.0. The molecule has 0 saturated carbocycles. The Morgan fingerprint density at radius 1 is 1.07 bits per heavy atom. The summed E-state index contributed by atoms with van der Waals surface area (Å²) in [6.07, 6.45) is 0.265. The predicted molar refractivity (Wildman–Crippen MR) is 107 cm³/mol. The van der Waals surface area contributed by atoms with Crippen molar-refractivity contribution in [2.45, 2.75) is 45.9 Å². The van der Waals surface area contributed by atoms with Crippen LogP contribution in [0.3, 0.4) is 0 Å². The molecular weight excluding hydrogens is 338 g/mol. The summed E-state index contributed by atoms with van der Waals surface area (Å²) in [5.74, 6) is 1.08. The lowest BCUT2D eigenvalue weighted by molar-refractivity contribution is -0.133. The molecule has 5 heteroatoms. The maximum absolute atomic E-state index is 12.7. The van der Waals surface area contributed by atoms with Crippen LogP contribution in [0.2, 0.25) is 0 Å². The van der Waals surface area contributed by atoms with Gasteiger partial charge in [-0.1, -0.05) is 56.3 Å². The molecular formula is C22H27N3O2. The Morgan fingerprint density at radius 2 is 1.78 bits per heavy atom. The number of carbonyl (C=O) groups is 1. The maximum Gasteiger partial charge on any atom is 0.249 e. The van der Waals surface area contributed by atoms with Crippen LogP contribution in [0.5, 0.6) is 0 Å². The Kier molecular flexibility index (Phi) is 6.24. The fourth-order valence-corrected chi connectivity index (χ4v) is 3.01. The van der Waals surface area contributed by atoms with E-state index in [0.717, 1.165) is 28.8 Å². The molecule has 142 valence electrons. The van der Waals surface area contributed by atoms with E-state index in [9.17, 15) is 4.79 Å². The molecule has 1 amide bonds. The summed E-state index contributed by atoms with van der Waals surface area (Å²) < 4.78 is 5.75. The number of hydrogen-bond acceptors (Lipinski definition) is 3. The number of hydrogen-bond donors (Lipinski definition) is 2. The molecule has 0 aliphatic carbocycles. The first-order valence-corrected chi connectivity index (χ1v) is 9.43. The molecule has 0 unspecified atom stereocenters. The Labute approximate surface area is 160 Å². The summed E-state index contributed by atoms with van der Waals surface area (Å²) in [4.78, 5) is 20.7. The molecule has 0 radical (unpaired) electrons. The number of rotatable bonds is 8. The number of H-pyrrole nitrogens is 1. The van der Waals surface area contributed by atoms with E-state index < -0.39 is 6.10 Å². The SMILES string of the molecule is CC(C)C[C@H](NC(=O)[C@@H](C)OCc1ccccc1)c1nc2ccccc2[nH]1. The lowest BCUT2D eigenvalue weighted by atomic mass is 10.0. The second-order valence-electron chi connectivity index (χ2n) is 7.27. The van der Waals surface area contributed by atoms with Gasteiger partial charge >= 0.3 is 0 Å². The molecule has 27 heavy (non-hydrogen) atoms. The third kappa shape index (κ3) is 5.17. The van der Waals surface area contributed by atoms with Gasteiger partial charge in [-0.05, 0) is 37.0 Å². The smallest absolute Gasteiger partial charge is 0.249 e. The number of nitrogens with one attached hydrogen (secondary N) is 2. The Bertz CT molecular complexity index is 840. The summed E-state index contributed by atoms with van der Waals surface area (Å²) in [5.41, 5.74) is 2.93. The number of ether oxygens (including phenoxy) is 1. The monoisotopic (exact) mass is 365 g/mol. The van der Waals surface area contributed by atoms with Crippen LogP contribution in [0.4, 0.5) is 0 Å². The number of imidazole rings is 1. The lowest BCUT2D eigenvalue weighted by Gasteiger charge is -2.21. The molecule has 0 aliphatic rings. The van der Waals surface area contributed by atoms with Crippen molar-refractivity contribution in [3.8, 4) is 0 Å². The minimum atomic E-state index is -0.538. The predicted octanol–water partition coefficient (Wildman–Crippen LogP) is 4.37. The van der Waals surface area contributed by atoms with Crippen LogP contribution in [0, 0.1) is 5.92 Å². The van der Waals surface area contributed by atoms with Crippen LogP contribution in [0.25, 0.3) is 11.0 Å². The number of carbonyl (C=O) groups excluding carboxylic acids is 1. The van der Waals surface area contributed by atoms with Gasteiger partial charge in [-0.15, -0.1) is 0 Å². The van der Waals surface area contributed by atoms with Crippen molar-refractivity contribution in [2.24, 2.45) is 5.92 Å². The van der Waals surface area contributed by atoms with Crippen molar-refractivity contribution in [1.82, 2.24) is 15.3 Å². The highest BCUT2D eigenvalue weighted by molar-refractivity contribution is 5.81. The Morgan fingerprint density at radius 3 is 2.48 bits per heavy atom. The number of benzene rings is 2. The summed E-state index contributed by atoms with van der Waals surface area (Å²) in [7, 11) is 0. The van der Waals surface area contributed by atoms with E-state index in [2.05, 4.69) is 29.1 Å². The van der Waals surface area contributed by atoms with Crippen LogP contribution in [0.15, 0.2) is 54.6 Å². The number of aromatic nitrogens is 2. The van der Waals surface area contributed by atoms with Gasteiger partial charge in [0, 0.05) is 0 Å². The van der Waals surface area contributed by atoms with Crippen molar-refractivity contribution in [1.29, 1.82) is 0 Å². The summed E-state index contributed by atoms with van der Waals surface area (Å²) in [5, 5.41) is 3.10. The van der Waals surface area contributed by atoms with Crippen LogP contribution in [-0.2, 0) is 16.1 Å². The first kappa shape index (κ1) is 19.1. The summed E-state index contributed by atoms with van der Waals surface area (Å²) >= 11 is 0. The largest absolute Gasteiger partial charge is 0.364 e. The van der Waals surface area contributed by atoms with Crippen molar-refractivity contribution >= 4 is 16.9 Å². The van der Waals surface area contributed by atoms with E-state index in [4.69, 9.17) is 4.74 Å². The first-order valence-electron chi connectivity index (χ1n) is 9.43. The van der Waals surface area contributed by atoms with Gasteiger partial charge in [0.2, 0.25) is 5.91 Å². The third-order valence-corrected chi connectivity index (χ3v) is 4.47. The third-order valence-electron chi connectivity index (χ3n) is 4.47. The van der Waals surface area contributed by atoms with Crippen LogP contribution in [0.1, 0.15) is 44.6 Å². The van der Waals surface area contributed by atoms with Gasteiger partial charge in [0.05, 0.1) is 23.7 Å². The quantitative estimate of drug-likeness (QED) is 0.623. The molecule has 0 spiro atoms. The Balaban J connectivity index is 1.67. The normalized spacial score (nSPS) is 13.6. The number of fused-ring (bicyclic) bond motifs is 1. The van der Waals surface area contributed by atoms with Gasteiger partial charge in [0.15, 0.2) is 0 Å². The van der Waals surface area contributed by atoms with Gasteiger partial charge in [-0.3, -0.25) is 4.79 Å². The van der Waals surface area contributed by atoms with Gasteiger partial charge < -0.3 is 15.0 Å². The highest BCUT2D eigenvalue weighted by Gasteiger charge is 2.23. The molecule has 0 aliphatic heterocycles. The van der Waals surface area contributed by atoms with Crippen molar-refractivity contribution in [3.05, 3.63) is 66.0 Å².